The van der Waals surface area contributed by atoms with E-state index < -0.39 is 0 Å². The number of fused-ring (bicyclic) bond motifs is 1. The number of benzene rings is 2. The number of likely N-dealkylation sites (tertiary alicyclic amines) is 2. The molecule has 33 heavy (non-hydrogen) atoms. The normalized spacial score (nSPS) is 19.8. The van der Waals surface area contributed by atoms with E-state index in [1.165, 1.54) is 6.07 Å². The van der Waals surface area contributed by atoms with Crippen LogP contribution in [0.15, 0.2) is 48.5 Å². The first-order valence-electron chi connectivity index (χ1n) is 11.7. The van der Waals surface area contributed by atoms with Gasteiger partial charge in [0.15, 0.2) is 23.1 Å². The standard InChI is InChI=1S/C26H29FN2O4/c27-22-3-1-2-4-23(22)33-21-11-15-28(16-12-21)20-9-13-29(14-10-20)26(30)8-6-19-5-7-24-25(17-19)32-18-31-24/h1-8,17,20-21H,9-16,18H2. The maximum Gasteiger partial charge on any atom is 0.246 e. The van der Waals surface area contributed by atoms with E-state index in [4.69, 9.17) is 14.2 Å². The lowest BCUT2D eigenvalue weighted by atomic mass is 9.98. The molecule has 7 heteroatoms. The van der Waals surface area contributed by atoms with Crippen LogP contribution in [0.5, 0.6) is 17.2 Å². The van der Waals surface area contributed by atoms with Crippen LogP contribution in [0.3, 0.4) is 0 Å². The van der Waals surface area contributed by atoms with Crippen LogP contribution >= 0.6 is 0 Å². The van der Waals surface area contributed by atoms with Crippen LogP contribution in [0.2, 0.25) is 0 Å². The van der Waals surface area contributed by atoms with Gasteiger partial charge in [0.05, 0.1) is 0 Å². The Bertz CT molecular complexity index is 1010. The molecule has 0 spiro atoms. The van der Waals surface area contributed by atoms with Crippen molar-refractivity contribution in [2.75, 3.05) is 33.0 Å². The van der Waals surface area contributed by atoms with Crippen LogP contribution in [-0.4, -0.2) is 60.8 Å². The Balaban J connectivity index is 1.07. The molecule has 2 saturated heterocycles. The van der Waals surface area contributed by atoms with Gasteiger partial charge >= 0.3 is 0 Å². The highest BCUT2D eigenvalue weighted by atomic mass is 19.1. The van der Waals surface area contributed by atoms with Gasteiger partial charge in [-0.3, -0.25) is 9.69 Å². The zero-order chi connectivity index (χ0) is 22.6. The summed E-state index contributed by atoms with van der Waals surface area (Å²) >= 11 is 0. The molecule has 3 heterocycles. The average molecular weight is 453 g/mol. The van der Waals surface area contributed by atoms with Crippen LogP contribution in [0.25, 0.3) is 6.08 Å². The number of rotatable bonds is 5. The molecule has 0 radical (unpaired) electrons. The number of ether oxygens (including phenoxy) is 3. The van der Waals surface area contributed by atoms with Gasteiger partial charge in [-0.1, -0.05) is 18.2 Å². The molecule has 3 aliphatic heterocycles. The summed E-state index contributed by atoms with van der Waals surface area (Å²) in [7, 11) is 0. The summed E-state index contributed by atoms with van der Waals surface area (Å²) in [6, 6.07) is 12.8. The second-order valence-corrected chi connectivity index (χ2v) is 8.79. The Hall–Kier alpha value is -3.06. The quantitative estimate of drug-likeness (QED) is 0.640. The summed E-state index contributed by atoms with van der Waals surface area (Å²) in [6.07, 6.45) is 7.27. The van der Waals surface area contributed by atoms with Crippen molar-refractivity contribution in [3.05, 3.63) is 59.9 Å². The number of amides is 1. The van der Waals surface area contributed by atoms with Crippen molar-refractivity contribution in [1.82, 2.24) is 9.80 Å². The fourth-order valence-corrected chi connectivity index (χ4v) is 4.82. The smallest absolute Gasteiger partial charge is 0.246 e. The third kappa shape index (κ3) is 5.14. The first kappa shape index (κ1) is 21.8. The van der Waals surface area contributed by atoms with Gasteiger partial charge in [0.2, 0.25) is 12.7 Å². The summed E-state index contributed by atoms with van der Waals surface area (Å²) in [6.45, 7) is 3.66. The third-order valence-electron chi connectivity index (χ3n) is 6.71. The van der Waals surface area contributed by atoms with Crippen LogP contribution in [0.4, 0.5) is 4.39 Å². The predicted molar refractivity (Wildman–Crippen MR) is 123 cm³/mol. The second-order valence-electron chi connectivity index (χ2n) is 8.79. The SMILES string of the molecule is O=C(C=Cc1ccc2c(c1)OCO2)N1CCC(N2CCC(Oc3ccccc3F)CC2)CC1. The first-order chi connectivity index (χ1) is 16.2. The zero-order valence-electron chi connectivity index (χ0n) is 18.6. The van der Waals surface area contributed by atoms with Gasteiger partial charge in [-0.05, 0) is 61.6 Å². The molecule has 2 aromatic carbocycles. The van der Waals surface area contributed by atoms with Crippen LogP contribution in [0, 0.1) is 5.82 Å². The predicted octanol–water partition coefficient (Wildman–Crippen LogP) is 4.10. The van der Waals surface area contributed by atoms with Gasteiger partial charge in [0, 0.05) is 38.3 Å². The topological polar surface area (TPSA) is 51.2 Å². The van der Waals surface area contributed by atoms with E-state index in [0.717, 1.165) is 63.2 Å². The highest BCUT2D eigenvalue weighted by Gasteiger charge is 2.30. The number of halogens is 1. The Labute approximate surface area is 193 Å². The largest absolute Gasteiger partial charge is 0.487 e. The van der Waals surface area contributed by atoms with Gasteiger partial charge < -0.3 is 19.1 Å². The van der Waals surface area contributed by atoms with Crippen LogP contribution in [0.1, 0.15) is 31.2 Å². The van der Waals surface area contributed by atoms with E-state index in [2.05, 4.69) is 4.90 Å². The molecule has 2 fully saturated rings. The molecule has 0 saturated carbocycles. The van der Waals surface area contributed by atoms with Gasteiger partial charge in [0.25, 0.3) is 0 Å². The molecular formula is C26H29FN2O4. The Morgan fingerprint density at radius 1 is 0.970 bits per heavy atom. The van der Waals surface area contributed by atoms with Crippen molar-refractivity contribution in [2.45, 2.75) is 37.8 Å². The number of para-hydroxylation sites is 1. The highest BCUT2D eigenvalue weighted by Crippen LogP contribution is 2.33. The Morgan fingerprint density at radius 2 is 1.73 bits per heavy atom. The highest BCUT2D eigenvalue weighted by molar-refractivity contribution is 5.92. The maximum atomic E-state index is 13.8. The minimum Gasteiger partial charge on any atom is -0.487 e. The molecule has 3 aliphatic rings. The minimum absolute atomic E-state index is 0.0445. The number of hydrogen-bond acceptors (Lipinski definition) is 5. The zero-order valence-corrected chi connectivity index (χ0v) is 18.6. The van der Waals surface area contributed by atoms with E-state index in [1.54, 1.807) is 24.3 Å². The summed E-state index contributed by atoms with van der Waals surface area (Å²) in [5.74, 6) is 1.54. The molecule has 0 aromatic heterocycles. The van der Waals surface area contributed by atoms with Crippen molar-refractivity contribution in [2.24, 2.45) is 0 Å². The lowest BCUT2D eigenvalue weighted by Gasteiger charge is -2.41. The number of nitrogens with zero attached hydrogens (tertiary/aromatic N) is 2. The molecule has 0 unspecified atom stereocenters. The van der Waals surface area contributed by atoms with Crippen LogP contribution in [-0.2, 0) is 4.79 Å². The fraction of sp³-hybridized carbons (Fsp3) is 0.423. The van der Waals surface area contributed by atoms with E-state index in [9.17, 15) is 9.18 Å². The van der Waals surface area contributed by atoms with E-state index in [-0.39, 0.29) is 24.6 Å². The van der Waals surface area contributed by atoms with Crippen molar-refractivity contribution < 1.29 is 23.4 Å². The average Bonchev–Trinajstić information content (AvgIpc) is 3.33. The molecule has 0 atom stereocenters. The monoisotopic (exact) mass is 452 g/mol. The number of carbonyl (C=O) groups is 1. The number of piperidine rings is 2. The van der Waals surface area contributed by atoms with E-state index >= 15 is 0 Å². The van der Waals surface area contributed by atoms with Crippen molar-refractivity contribution in [1.29, 1.82) is 0 Å². The van der Waals surface area contributed by atoms with E-state index in [1.807, 2.05) is 29.2 Å². The lowest BCUT2D eigenvalue weighted by Crippen LogP contribution is -2.49. The van der Waals surface area contributed by atoms with Crippen molar-refractivity contribution in [3.8, 4) is 17.2 Å². The molecule has 0 bridgehead atoms. The number of carbonyl (C=O) groups excluding carboxylic acids is 1. The second kappa shape index (κ2) is 9.83. The summed E-state index contributed by atoms with van der Waals surface area (Å²) in [4.78, 5) is 17.1. The van der Waals surface area contributed by atoms with Gasteiger partial charge in [-0.25, -0.2) is 4.39 Å². The first-order valence-corrected chi connectivity index (χ1v) is 11.7. The molecule has 6 nitrogen and oxygen atoms in total. The lowest BCUT2D eigenvalue weighted by molar-refractivity contribution is -0.127. The summed E-state index contributed by atoms with van der Waals surface area (Å²) in [5, 5.41) is 0. The molecule has 1 amide bonds. The van der Waals surface area contributed by atoms with Gasteiger partial charge in [0.1, 0.15) is 6.10 Å². The maximum absolute atomic E-state index is 13.8. The molecular weight excluding hydrogens is 423 g/mol. The minimum atomic E-state index is -0.301. The molecule has 0 aliphatic carbocycles. The third-order valence-corrected chi connectivity index (χ3v) is 6.71. The van der Waals surface area contributed by atoms with Crippen molar-refractivity contribution >= 4 is 12.0 Å². The molecule has 174 valence electrons. The van der Waals surface area contributed by atoms with Gasteiger partial charge in [-0.15, -0.1) is 0 Å². The number of hydrogen-bond donors (Lipinski definition) is 0. The summed E-state index contributed by atoms with van der Waals surface area (Å²) in [5.41, 5.74) is 0.919. The molecule has 5 rings (SSSR count). The Kier molecular flexibility index (Phi) is 6.48. The molecule has 0 N–H and O–H groups in total. The van der Waals surface area contributed by atoms with E-state index in [0.29, 0.717) is 17.5 Å². The fourth-order valence-electron chi connectivity index (χ4n) is 4.82. The van der Waals surface area contributed by atoms with Crippen LogP contribution < -0.4 is 14.2 Å². The molecule has 2 aromatic rings. The van der Waals surface area contributed by atoms with Crippen molar-refractivity contribution in [3.63, 3.8) is 0 Å². The van der Waals surface area contributed by atoms with Gasteiger partial charge in [-0.2, -0.15) is 0 Å². The summed E-state index contributed by atoms with van der Waals surface area (Å²) < 4.78 is 30.4. The Morgan fingerprint density at radius 3 is 2.52 bits per heavy atom.